The summed E-state index contributed by atoms with van der Waals surface area (Å²) in [6, 6.07) is 12.6. The molecule has 2 aromatic heterocycles. The van der Waals surface area contributed by atoms with E-state index in [9.17, 15) is 5.26 Å². The highest BCUT2D eigenvalue weighted by Gasteiger charge is 2.11. The van der Waals surface area contributed by atoms with Gasteiger partial charge in [0.25, 0.3) is 0 Å². The van der Waals surface area contributed by atoms with Gasteiger partial charge in [-0.05, 0) is 17.7 Å². The first-order chi connectivity index (χ1) is 10.1. The molecule has 0 aliphatic rings. The van der Waals surface area contributed by atoms with Gasteiger partial charge >= 0.3 is 0 Å². The first-order valence-electron chi connectivity index (χ1n) is 6.76. The minimum Gasteiger partial charge on any atom is -0.378 e. The molecule has 0 radical (unpaired) electrons. The zero-order valence-electron chi connectivity index (χ0n) is 12.3. The van der Waals surface area contributed by atoms with Crippen molar-refractivity contribution in [3.05, 3.63) is 48.3 Å². The van der Waals surface area contributed by atoms with Crippen LogP contribution in [0.2, 0.25) is 0 Å². The summed E-state index contributed by atoms with van der Waals surface area (Å²) in [5, 5.41) is 13.5. The maximum Gasteiger partial charge on any atom is 0.141 e. The average Bonchev–Trinajstić information content (AvgIpc) is 2.89. The molecule has 0 aliphatic carbocycles. The van der Waals surface area contributed by atoms with E-state index < -0.39 is 0 Å². The van der Waals surface area contributed by atoms with Gasteiger partial charge in [-0.3, -0.25) is 0 Å². The molecule has 0 unspecified atom stereocenters. The number of anilines is 1. The Hall–Kier alpha value is -2.74. The summed E-state index contributed by atoms with van der Waals surface area (Å²) < 4.78 is 1.78. The SMILES string of the molecule is Bc1cc(-c2ccc(N(C)C)cc2)c2c(C#N)cnn2c1. The Morgan fingerprint density at radius 2 is 1.95 bits per heavy atom. The topological polar surface area (TPSA) is 44.3 Å². The fourth-order valence-corrected chi connectivity index (χ4v) is 2.50. The van der Waals surface area contributed by atoms with E-state index in [2.05, 4.69) is 46.4 Å². The Labute approximate surface area is 124 Å². The third kappa shape index (κ3) is 2.25. The zero-order chi connectivity index (χ0) is 15.0. The van der Waals surface area contributed by atoms with Crippen molar-refractivity contribution in [2.45, 2.75) is 0 Å². The van der Waals surface area contributed by atoms with Gasteiger partial charge in [-0.2, -0.15) is 10.4 Å². The molecule has 5 heteroatoms. The van der Waals surface area contributed by atoms with Gasteiger partial charge in [-0.15, -0.1) is 0 Å². The number of benzene rings is 1. The third-order valence-electron chi connectivity index (χ3n) is 3.56. The molecule has 0 saturated carbocycles. The lowest BCUT2D eigenvalue weighted by atomic mass is 9.93. The molecule has 1 aromatic carbocycles. The van der Waals surface area contributed by atoms with Gasteiger partial charge in [0, 0.05) is 31.5 Å². The lowest BCUT2D eigenvalue weighted by Gasteiger charge is -2.13. The fourth-order valence-electron chi connectivity index (χ4n) is 2.50. The van der Waals surface area contributed by atoms with Crippen molar-refractivity contribution < 1.29 is 0 Å². The van der Waals surface area contributed by atoms with E-state index in [1.54, 1.807) is 10.7 Å². The van der Waals surface area contributed by atoms with Gasteiger partial charge in [-0.1, -0.05) is 23.7 Å². The van der Waals surface area contributed by atoms with Crippen LogP contribution < -0.4 is 10.4 Å². The van der Waals surface area contributed by atoms with E-state index in [4.69, 9.17) is 0 Å². The zero-order valence-corrected chi connectivity index (χ0v) is 12.3. The van der Waals surface area contributed by atoms with Crippen LogP contribution in [-0.4, -0.2) is 31.6 Å². The normalized spacial score (nSPS) is 10.5. The molecule has 4 nitrogen and oxygen atoms in total. The second-order valence-corrected chi connectivity index (χ2v) is 5.34. The number of nitrogens with zero attached hydrogens (tertiary/aromatic N) is 4. The van der Waals surface area contributed by atoms with Gasteiger partial charge in [0.2, 0.25) is 0 Å². The molecule has 0 atom stereocenters. The smallest absolute Gasteiger partial charge is 0.141 e. The summed E-state index contributed by atoms with van der Waals surface area (Å²) in [4.78, 5) is 2.06. The van der Waals surface area contributed by atoms with Crippen LogP contribution in [0.5, 0.6) is 0 Å². The molecular formula is C16H15BN4. The molecule has 0 fully saturated rings. The Bertz CT molecular complexity index is 841. The largest absolute Gasteiger partial charge is 0.378 e. The van der Waals surface area contributed by atoms with Crippen molar-refractivity contribution in [2.75, 3.05) is 19.0 Å². The highest BCUT2D eigenvalue weighted by molar-refractivity contribution is 6.32. The Balaban J connectivity index is 2.24. The van der Waals surface area contributed by atoms with E-state index in [1.165, 1.54) is 0 Å². The van der Waals surface area contributed by atoms with Crippen LogP contribution in [-0.2, 0) is 0 Å². The Morgan fingerprint density at radius 1 is 1.24 bits per heavy atom. The second-order valence-electron chi connectivity index (χ2n) is 5.34. The van der Waals surface area contributed by atoms with Crippen LogP contribution in [0.15, 0.2) is 42.7 Å². The third-order valence-corrected chi connectivity index (χ3v) is 3.56. The van der Waals surface area contributed by atoms with Crippen molar-refractivity contribution in [1.82, 2.24) is 9.61 Å². The predicted molar refractivity (Wildman–Crippen MR) is 87.8 cm³/mol. The maximum absolute atomic E-state index is 9.27. The van der Waals surface area contributed by atoms with Crippen molar-refractivity contribution in [3.63, 3.8) is 0 Å². The van der Waals surface area contributed by atoms with Crippen molar-refractivity contribution in [1.29, 1.82) is 5.26 Å². The van der Waals surface area contributed by atoms with E-state index in [0.717, 1.165) is 27.8 Å². The van der Waals surface area contributed by atoms with Gasteiger partial charge in [0.05, 0.1) is 17.3 Å². The summed E-state index contributed by atoms with van der Waals surface area (Å²) in [5.41, 5.74) is 5.85. The van der Waals surface area contributed by atoms with Gasteiger partial charge < -0.3 is 4.90 Å². The number of pyridine rings is 1. The molecule has 102 valence electrons. The molecule has 0 N–H and O–H groups in total. The standard InChI is InChI=1S/C16H15BN4/c1-20(2)14-5-3-11(4-6-14)15-7-13(17)10-21-16(15)12(8-18)9-19-21/h3-7,9-10H,17H2,1-2H3. The Kier molecular flexibility index (Phi) is 3.15. The molecule has 2 heterocycles. The van der Waals surface area contributed by atoms with Gasteiger partial charge in [0.1, 0.15) is 13.9 Å². The molecule has 0 amide bonds. The van der Waals surface area contributed by atoms with Crippen molar-refractivity contribution in [3.8, 4) is 17.2 Å². The number of fused-ring (bicyclic) bond motifs is 1. The Morgan fingerprint density at radius 3 is 2.57 bits per heavy atom. The first kappa shape index (κ1) is 13.3. The van der Waals surface area contributed by atoms with Gasteiger partial charge in [-0.25, -0.2) is 4.52 Å². The van der Waals surface area contributed by atoms with E-state index >= 15 is 0 Å². The number of hydrogen-bond acceptors (Lipinski definition) is 3. The average molecular weight is 274 g/mol. The minimum atomic E-state index is 0.599. The molecule has 0 aliphatic heterocycles. The fraction of sp³-hybridized carbons (Fsp3) is 0.125. The number of aromatic nitrogens is 2. The summed E-state index contributed by atoms with van der Waals surface area (Å²) in [6.07, 6.45) is 3.56. The number of hydrogen-bond donors (Lipinski definition) is 0. The maximum atomic E-state index is 9.27. The minimum absolute atomic E-state index is 0.599. The molecule has 21 heavy (non-hydrogen) atoms. The number of nitriles is 1. The lowest BCUT2D eigenvalue weighted by Crippen LogP contribution is -2.09. The second kappa shape index (κ2) is 4.99. The molecule has 3 aromatic rings. The molecule has 0 spiro atoms. The van der Waals surface area contributed by atoms with E-state index in [0.29, 0.717) is 5.56 Å². The lowest BCUT2D eigenvalue weighted by molar-refractivity contribution is 0.967. The number of rotatable bonds is 2. The highest BCUT2D eigenvalue weighted by Crippen LogP contribution is 2.27. The molecule has 3 rings (SSSR count). The monoisotopic (exact) mass is 274 g/mol. The van der Waals surface area contributed by atoms with Crippen molar-refractivity contribution in [2.24, 2.45) is 0 Å². The summed E-state index contributed by atoms with van der Waals surface area (Å²) in [6.45, 7) is 0. The van der Waals surface area contributed by atoms with Crippen LogP contribution in [0.3, 0.4) is 0 Å². The van der Waals surface area contributed by atoms with Gasteiger partial charge in [0.15, 0.2) is 0 Å². The first-order valence-corrected chi connectivity index (χ1v) is 6.76. The highest BCUT2D eigenvalue weighted by atomic mass is 15.2. The van der Waals surface area contributed by atoms with Crippen LogP contribution in [0.4, 0.5) is 5.69 Å². The van der Waals surface area contributed by atoms with E-state index in [1.807, 2.05) is 28.1 Å². The summed E-state index contributed by atoms with van der Waals surface area (Å²) in [5.74, 6) is 0. The molecule has 0 saturated heterocycles. The predicted octanol–water partition coefficient (Wildman–Crippen LogP) is 1.20. The summed E-state index contributed by atoms with van der Waals surface area (Å²) in [7, 11) is 6.07. The van der Waals surface area contributed by atoms with Crippen LogP contribution in [0.25, 0.3) is 16.6 Å². The van der Waals surface area contributed by atoms with E-state index in [-0.39, 0.29) is 0 Å². The van der Waals surface area contributed by atoms with Crippen LogP contribution >= 0.6 is 0 Å². The van der Waals surface area contributed by atoms with Crippen LogP contribution in [0, 0.1) is 11.3 Å². The quantitative estimate of drug-likeness (QED) is 0.659. The molecular weight excluding hydrogens is 259 g/mol. The van der Waals surface area contributed by atoms with Crippen molar-refractivity contribution >= 4 is 24.5 Å². The van der Waals surface area contributed by atoms with Crippen LogP contribution in [0.1, 0.15) is 5.56 Å². The molecule has 0 bridgehead atoms. The summed E-state index contributed by atoms with van der Waals surface area (Å²) >= 11 is 0.